The maximum Gasteiger partial charge on any atom is 0.255 e. The fraction of sp³-hybridized carbons (Fsp3) is 0.458. The SMILES string of the molecule is O=C(Nc1ccc2c(c1)CCN(C1CCC1)CC2)c1ccc(N2CCCS2)cc1. The van der Waals surface area contributed by atoms with Gasteiger partial charge in [-0.2, -0.15) is 0 Å². The largest absolute Gasteiger partial charge is 0.322 e. The molecule has 2 aromatic rings. The predicted molar refractivity (Wildman–Crippen MR) is 122 cm³/mol. The second-order valence-electron chi connectivity index (χ2n) is 8.39. The Bertz CT molecular complexity index is 872. The van der Waals surface area contributed by atoms with Crippen molar-refractivity contribution in [3.05, 3.63) is 59.2 Å². The van der Waals surface area contributed by atoms with Crippen molar-refractivity contribution in [2.45, 2.75) is 44.6 Å². The first-order valence-electron chi connectivity index (χ1n) is 10.9. The number of fused-ring (bicyclic) bond motifs is 1. The average molecular weight is 408 g/mol. The minimum Gasteiger partial charge on any atom is -0.322 e. The molecule has 0 bridgehead atoms. The van der Waals surface area contributed by atoms with Gasteiger partial charge in [0.2, 0.25) is 0 Å². The lowest BCUT2D eigenvalue weighted by atomic mass is 9.91. The van der Waals surface area contributed by atoms with E-state index in [1.165, 1.54) is 54.8 Å². The van der Waals surface area contributed by atoms with Crippen LogP contribution in [0.25, 0.3) is 0 Å². The fourth-order valence-corrected chi connectivity index (χ4v) is 5.58. The minimum atomic E-state index is -0.0321. The molecule has 2 aromatic carbocycles. The summed E-state index contributed by atoms with van der Waals surface area (Å²) < 4.78 is 2.31. The van der Waals surface area contributed by atoms with Gasteiger partial charge in [-0.05, 0) is 91.6 Å². The van der Waals surface area contributed by atoms with E-state index >= 15 is 0 Å². The van der Waals surface area contributed by atoms with Crippen LogP contribution in [0.4, 0.5) is 11.4 Å². The molecule has 1 N–H and O–H groups in total. The molecule has 152 valence electrons. The van der Waals surface area contributed by atoms with E-state index in [0.717, 1.165) is 37.7 Å². The molecule has 5 heteroatoms. The third-order valence-electron chi connectivity index (χ3n) is 6.56. The number of nitrogens with zero attached hydrogens (tertiary/aromatic N) is 2. The molecule has 0 atom stereocenters. The Hall–Kier alpha value is -1.98. The molecular formula is C24H29N3OS. The van der Waals surface area contributed by atoms with E-state index in [1.54, 1.807) is 0 Å². The topological polar surface area (TPSA) is 35.6 Å². The molecule has 1 amide bonds. The van der Waals surface area contributed by atoms with Gasteiger partial charge in [0.15, 0.2) is 0 Å². The van der Waals surface area contributed by atoms with Crippen LogP contribution < -0.4 is 9.62 Å². The highest BCUT2D eigenvalue weighted by Gasteiger charge is 2.26. The van der Waals surface area contributed by atoms with Crippen LogP contribution in [0, 0.1) is 0 Å². The monoisotopic (exact) mass is 407 g/mol. The van der Waals surface area contributed by atoms with Crippen molar-refractivity contribution < 1.29 is 4.79 Å². The van der Waals surface area contributed by atoms with Gasteiger partial charge in [-0.25, -0.2) is 0 Å². The zero-order chi connectivity index (χ0) is 19.6. The number of hydrogen-bond donors (Lipinski definition) is 1. The summed E-state index contributed by atoms with van der Waals surface area (Å²) in [6.45, 7) is 3.40. The molecule has 0 aromatic heterocycles. The first kappa shape index (κ1) is 19.0. The van der Waals surface area contributed by atoms with Crippen molar-refractivity contribution in [2.75, 3.05) is 35.0 Å². The molecule has 4 nitrogen and oxygen atoms in total. The highest BCUT2D eigenvalue weighted by Crippen LogP contribution is 2.29. The van der Waals surface area contributed by atoms with Gasteiger partial charge >= 0.3 is 0 Å². The first-order valence-corrected chi connectivity index (χ1v) is 11.9. The Morgan fingerprint density at radius 1 is 0.931 bits per heavy atom. The lowest BCUT2D eigenvalue weighted by Gasteiger charge is -2.36. The quantitative estimate of drug-likeness (QED) is 0.742. The summed E-state index contributed by atoms with van der Waals surface area (Å²) in [7, 11) is 0. The van der Waals surface area contributed by atoms with Gasteiger partial charge in [0.25, 0.3) is 5.91 Å². The zero-order valence-electron chi connectivity index (χ0n) is 16.9. The summed E-state index contributed by atoms with van der Waals surface area (Å²) >= 11 is 1.86. The smallest absolute Gasteiger partial charge is 0.255 e. The van der Waals surface area contributed by atoms with E-state index in [2.05, 4.69) is 44.9 Å². The summed E-state index contributed by atoms with van der Waals surface area (Å²) in [5, 5.41) is 3.10. The van der Waals surface area contributed by atoms with Crippen LogP contribution >= 0.6 is 11.9 Å². The molecule has 5 rings (SSSR count). The maximum absolute atomic E-state index is 12.7. The van der Waals surface area contributed by atoms with Crippen LogP contribution in [0.15, 0.2) is 42.5 Å². The molecule has 29 heavy (non-hydrogen) atoms. The summed E-state index contributed by atoms with van der Waals surface area (Å²) in [4.78, 5) is 15.4. The summed E-state index contributed by atoms with van der Waals surface area (Å²) in [6, 6.07) is 15.2. The van der Waals surface area contributed by atoms with Crippen molar-refractivity contribution >= 4 is 29.2 Å². The second kappa shape index (κ2) is 8.41. The second-order valence-corrected chi connectivity index (χ2v) is 9.50. The molecule has 1 saturated carbocycles. The van der Waals surface area contributed by atoms with E-state index in [0.29, 0.717) is 5.56 Å². The van der Waals surface area contributed by atoms with Crippen molar-refractivity contribution in [3.63, 3.8) is 0 Å². The molecular weight excluding hydrogens is 378 g/mol. The highest BCUT2D eigenvalue weighted by atomic mass is 32.2. The average Bonchev–Trinajstić information content (AvgIpc) is 3.17. The number of amides is 1. The molecule has 2 aliphatic heterocycles. The molecule has 2 fully saturated rings. The van der Waals surface area contributed by atoms with E-state index in [-0.39, 0.29) is 5.91 Å². The Morgan fingerprint density at radius 3 is 2.41 bits per heavy atom. The summed E-state index contributed by atoms with van der Waals surface area (Å²) in [6.07, 6.45) is 7.55. The predicted octanol–water partition coefficient (Wildman–Crippen LogP) is 4.75. The third kappa shape index (κ3) is 4.17. The van der Waals surface area contributed by atoms with Crippen molar-refractivity contribution in [2.24, 2.45) is 0 Å². The molecule has 0 spiro atoms. The van der Waals surface area contributed by atoms with Crippen LogP contribution in [-0.2, 0) is 12.8 Å². The van der Waals surface area contributed by atoms with Gasteiger partial charge in [0.1, 0.15) is 0 Å². The first-order chi connectivity index (χ1) is 14.3. The normalized spacial score (nSPS) is 20.1. The highest BCUT2D eigenvalue weighted by molar-refractivity contribution is 8.00. The van der Waals surface area contributed by atoms with Crippen molar-refractivity contribution in [1.29, 1.82) is 0 Å². The Kier molecular flexibility index (Phi) is 5.51. The lowest BCUT2D eigenvalue weighted by Crippen LogP contribution is -2.41. The summed E-state index contributed by atoms with van der Waals surface area (Å²) in [5.74, 6) is 1.15. The van der Waals surface area contributed by atoms with E-state index in [4.69, 9.17) is 0 Å². The molecule has 3 aliphatic rings. The molecule has 2 heterocycles. The van der Waals surface area contributed by atoms with Crippen LogP contribution in [0.2, 0.25) is 0 Å². The maximum atomic E-state index is 12.7. The molecule has 0 radical (unpaired) electrons. The van der Waals surface area contributed by atoms with Crippen LogP contribution in [-0.4, -0.2) is 42.2 Å². The van der Waals surface area contributed by atoms with Gasteiger partial charge < -0.3 is 9.62 Å². The van der Waals surface area contributed by atoms with Gasteiger partial charge in [-0.15, -0.1) is 0 Å². The Morgan fingerprint density at radius 2 is 1.72 bits per heavy atom. The standard InChI is InChI=1S/C24H29N3OS/c28-24(19-6-9-23(10-7-19)27-13-2-16-29-27)25-21-8-5-18-11-14-26(22-3-1-4-22)15-12-20(18)17-21/h5-10,17,22H,1-4,11-16H2,(H,25,28). The van der Waals surface area contributed by atoms with Gasteiger partial charge in [-0.3, -0.25) is 9.69 Å². The van der Waals surface area contributed by atoms with E-state index in [1.807, 2.05) is 24.1 Å². The third-order valence-corrected chi connectivity index (χ3v) is 7.74. The van der Waals surface area contributed by atoms with Crippen molar-refractivity contribution in [3.8, 4) is 0 Å². The molecule has 0 unspecified atom stereocenters. The minimum absolute atomic E-state index is 0.0321. The Balaban J connectivity index is 1.24. The Labute approximate surface area is 177 Å². The molecule has 1 saturated heterocycles. The van der Waals surface area contributed by atoms with Gasteiger partial charge in [0, 0.05) is 48.4 Å². The number of rotatable bonds is 4. The fourth-order valence-electron chi connectivity index (χ4n) is 4.57. The number of hydrogen-bond acceptors (Lipinski definition) is 4. The molecule has 1 aliphatic carbocycles. The number of anilines is 2. The summed E-state index contributed by atoms with van der Waals surface area (Å²) in [5.41, 5.74) is 5.64. The number of carbonyl (C=O) groups is 1. The van der Waals surface area contributed by atoms with Crippen LogP contribution in [0.5, 0.6) is 0 Å². The van der Waals surface area contributed by atoms with Gasteiger partial charge in [-0.1, -0.05) is 12.5 Å². The van der Waals surface area contributed by atoms with Crippen LogP contribution in [0.1, 0.15) is 47.2 Å². The lowest BCUT2D eigenvalue weighted by molar-refractivity contribution is 0.102. The number of carbonyl (C=O) groups excluding carboxylic acids is 1. The van der Waals surface area contributed by atoms with E-state index in [9.17, 15) is 4.79 Å². The van der Waals surface area contributed by atoms with Gasteiger partial charge in [0.05, 0.1) is 0 Å². The van der Waals surface area contributed by atoms with Crippen molar-refractivity contribution in [1.82, 2.24) is 4.90 Å². The van der Waals surface area contributed by atoms with E-state index < -0.39 is 0 Å². The zero-order valence-corrected chi connectivity index (χ0v) is 17.7. The number of nitrogens with one attached hydrogen (secondary N) is 1. The van der Waals surface area contributed by atoms with Crippen LogP contribution in [0.3, 0.4) is 0 Å². The number of benzene rings is 2.